The molecule has 0 saturated carbocycles. The highest BCUT2D eigenvalue weighted by Gasteiger charge is 2.14. The molecule has 2 heterocycles. The van der Waals surface area contributed by atoms with Crippen molar-refractivity contribution in [1.29, 1.82) is 0 Å². The lowest BCUT2D eigenvalue weighted by molar-refractivity contribution is 0.758. The molecular formula is C16H17N3S2. The Hall–Kier alpha value is -1.72. The van der Waals surface area contributed by atoms with E-state index in [1.165, 1.54) is 16.0 Å². The molecule has 1 aromatic carbocycles. The van der Waals surface area contributed by atoms with E-state index in [9.17, 15) is 0 Å². The summed E-state index contributed by atoms with van der Waals surface area (Å²) in [6.45, 7) is 5.01. The summed E-state index contributed by atoms with van der Waals surface area (Å²) in [6, 6.07) is 8.50. The molecular weight excluding hydrogens is 298 g/mol. The summed E-state index contributed by atoms with van der Waals surface area (Å²) in [5, 5.41) is 2.07. The summed E-state index contributed by atoms with van der Waals surface area (Å²) in [6.07, 6.45) is 0.687. The third-order valence-corrected chi connectivity index (χ3v) is 4.76. The van der Waals surface area contributed by atoms with E-state index < -0.39 is 0 Å². The fourth-order valence-corrected chi connectivity index (χ4v) is 3.24. The number of benzene rings is 1. The van der Waals surface area contributed by atoms with Gasteiger partial charge < -0.3 is 10.3 Å². The maximum absolute atomic E-state index is 5.68. The summed E-state index contributed by atoms with van der Waals surface area (Å²) >= 11 is 6.73. The Morgan fingerprint density at radius 1 is 1.33 bits per heavy atom. The van der Waals surface area contributed by atoms with E-state index in [1.54, 1.807) is 11.3 Å². The maximum Gasteiger partial charge on any atom is 0.151 e. The van der Waals surface area contributed by atoms with Crippen LogP contribution in [0.5, 0.6) is 0 Å². The molecule has 0 aliphatic heterocycles. The first kappa shape index (κ1) is 14.2. The number of nitrogens with zero attached hydrogens (tertiary/aromatic N) is 2. The lowest BCUT2D eigenvalue weighted by Crippen LogP contribution is -2.12. The minimum Gasteiger partial charge on any atom is -0.393 e. The topological polar surface area (TPSA) is 43.8 Å². The zero-order valence-corrected chi connectivity index (χ0v) is 13.7. The summed E-state index contributed by atoms with van der Waals surface area (Å²) in [4.78, 5) is 6.53. The monoisotopic (exact) mass is 315 g/mol. The van der Waals surface area contributed by atoms with Gasteiger partial charge in [0.2, 0.25) is 0 Å². The van der Waals surface area contributed by atoms with Crippen LogP contribution in [0, 0.1) is 13.8 Å². The van der Waals surface area contributed by atoms with Crippen molar-refractivity contribution in [2.24, 2.45) is 5.73 Å². The minimum atomic E-state index is 0.540. The number of nitrogens with two attached hydrogens (primary N) is 1. The molecule has 3 aromatic rings. The van der Waals surface area contributed by atoms with Gasteiger partial charge in [-0.3, -0.25) is 0 Å². The fraction of sp³-hybridized carbons (Fsp3) is 0.250. The van der Waals surface area contributed by atoms with Crippen LogP contribution >= 0.6 is 23.6 Å². The lowest BCUT2D eigenvalue weighted by atomic mass is 10.1. The molecule has 0 aliphatic rings. The summed E-state index contributed by atoms with van der Waals surface area (Å²) in [5.74, 6) is 1.00. The van der Waals surface area contributed by atoms with Crippen molar-refractivity contribution in [3.63, 3.8) is 0 Å². The van der Waals surface area contributed by atoms with Gasteiger partial charge in [0.05, 0.1) is 20.9 Å². The van der Waals surface area contributed by atoms with Crippen molar-refractivity contribution < 1.29 is 0 Å². The maximum atomic E-state index is 5.68. The summed E-state index contributed by atoms with van der Waals surface area (Å²) < 4.78 is 2.23. The molecule has 0 fully saturated rings. The number of hydrogen-bond acceptors (Lipinski definition) is 3. The van der Waals surface area contributed by atoms with E-state index in [-0.39, 0.29) is 0 Å². The lowest BCUT2D eigenvalue weighted by Gasteiger charge is -2.08. The van der Waals surface area contributed by atoms with Gasteiger partial charge in [-0.05, 0) is 48.6 Å². The Labute approximate surface area is 133 Å². The van der Waals surface area contributed by atoms with Crippen molar-refractivity contribution in [1.82, 2.24) is 9.55 Å². The third-order valence-electron chi connectivity index (χ3n) is 3.69. The molecule has 5 heteroatoms. The van der Waals surface area contributed by atoms with Gasteiger partial charge in [0.25, 0.3) is 0 Å². The summed E-state index contributed by atoms with van der Waals surface area (Å²) in [7, 11) is 0. The molecule has 0 amide bonds. The van der Waals surface area contributed by atoms with E-state index in [0.29, 0.717) is 11.4 Å². The van der Waals surface area contributed by atoms with Crippen LogP contribution < -0.4 is 5.73 Å². The van der Waals surface area contributed by atoms with Gasteiger partial charge in [-0.15, -0.1) is 11.3 Å². The van der Waals surface area contributed by atoms with Crippen LogP contribution in [-0.4, -0.2) is 14.5 Å². The molecule has 0 radical (unpaired) electrons. The van der Waals surface area contributed by atoms with E-state index >= 15 is 0 Å². The fourth-order valence-electron chi connectivity index (χ4n) is 2.42. The smallest absolute Gasteiger partial charge is 0.151 e. The first-order valence-electron chi connectivity index (χ1n) is 6.86. The quantitative estimate of drug-likeness (QED) is 0.738. The number of hydrogen-bond donors (Lipinski definition) is 1. The molecule has 2 aromatic heterocycles. The first-order chi connectivity index (χ1) is 10.1. The molecule has 0 saturated heterocycles. The number of thiophene rings is 1. The van der Waals surface area contributed by atoms with Crippen LogP contribution in [0.25, 0.3) is 21.7 Å². The van der Waals surface area contributed by atoms with Gasteiger partial charge in [-0.2, -0.15) is 0 Å². The average molecular weight is 315 g/mol. The van der Waals surface area contributed by atoms with Gasteiger partial charge in [-0.1, -0.05) is 18.3 Å². The van der Waals surface area contributed by atoms with Crippen molar-refractivity contribution in [3.05, 3.63) is 40.8 Å². The molecule has 0 unspecified atom stereocenters. The zero-order valence-electron chi connectivity index (χ0n) is 12.1. The minimum absolute atomic E-state index is 0.540. The standard InChI is InChI=1S/C16H17N3S2/c1-10-8-12-13(9-11(10)2)19(6-5-15(17)20)16(18-12)14-4-3-7-21-14/h3-4,7-9H,5-6H2,1-2H3,(H2,17,20). The van der Waals surface area contributed by atoms with Crippen LogP contribution in [0.4, 0.5) is 0 Å². The molecule has 0 bridgehead atoms. The Balaban J connectivity index is 2.20. The second kappa shape index (κ2) is 5.58. The molecule has 0 atom stereocenters. The molecule has 0 aliphatic carbocycles. The summed E-state index contributed by atoms with van der Waals surface area (Å²) in [5.41, 5.74) is 10.4. The van der Waals surface area contributed by atoms with Gasteiger partial charge in [0.15, 0.2) is 5.82 Å². The number of aryl methyl sites for hydroxylation is 3. The molecule has 108 valence electrons. The van der Waals surface area contributed by atoms with E-state index in [1.807, 2.05) is 6.07 Å². The predicted molar refractivity (Wildman–Crippen MR) is 93.9 cm³/mol. The highest BCUT2D eigenvalue weighted by atomic mass is 32.1. The van der Waals surface area contributed by atoms with Gasteiger partial charge in [0.1, 0.15) is 0 Å². The van der Waals surface area contributed by atoms with Crippen molar-refractivity contribution in [3.8, 4) is 10.7 Å². The van der Waals surface area contributed by atoms with Crippen molar-refractivity contribution in [2.45, 2.75) is 26.8 Å². The van der Waals surface area contributed by atoms with Crippen LogP contribution in [-0.2, 0) is 6.54 Å². The Bertz CT molecular complexity index is 801. The van der Waals surface area contributed by atoms with Gasteiger partial charge >= 0.3 is 0 Å². The first-order valence-corrected chi connectivity index (χ1v) is 8.14. The molecule has 3 nitrogen and oxygen atoms in total. The molecule has 0 spiro atoms. The zero-order chi connectivity index (χ0) is 15.0. The highest BCUT2D eigenvalue weighted by molar-refractivity contribution is 7.80. The number of imidazole rings is 1. The Morgan fingerprint density at radius 2 is 2.10 bits per heavy atom. The predicted octanol–water partition coefficient (Wildman–Crippen LogP) is 4.06. The highest BCUT2D eigenvalue weighted by Crippen LogP contribution is 2.29. The molecule has 21 heavy (non-hydrogen) atoms. The Kier molecular flexibility index (Phi) is 3.78. The second-order valence-electron chi connectivity index (χ2n) is 5.21. The van der Waals surface area contributed by atoms with Crippen LogP contribution in [0.3, 0.4) is 0 Å². The Morgan fingerprint density at radius 3 is 2.76 bits per heavy atom. The third kappa shape index (κ3) is 2.71. The number of rotatable bonds is 4. The average Bonchev–Trinajstić information content (AvgIpc) is 3.04. The SMILES string of the molecule is Cc1cc2nc(-c3cccs3)n(CCC(N)=S)c2cc1C. The molecule has 2 N–H and O–H groups in total. The van der Waals surface area contributed by atoms with E-state index in [4.69, 9.17) is 22.9 Å². The van der Waals surface area contributed by atoms with E-state index in [0.717, 1.165) is 23.4 Å². The molecule has 3 rings (SSSR count). The van der Waals surface area contributed by atoms with Crippen LogP contribution in [0.2, 0.25) is 0 Å². The number of thiocarbonyl (C=S) groups is 1. The number of aromatic nitrogens is 2. The van der Waals surface area contributed by atoms with Crippen molar-refractivity contribution >= 4 is 39.6 Å². The van der Waals surface area contributed by atoms with Crippen molar-refractivity contribution in [2.75, 3.05) is 0 Å². The van der Waals surface area contributed by atoms with Gasteiger partial charge in [0, 0.05) is 13.0 Å². The van der Waals surface area contributed by atoms with Crippen LogP contribution in [0.15, 0.2) is 29.6 Å². The van der Waals surface area contributed by atoms with Crippen LogP contribution in [0.1, 0.15) is 17.5 Å². The normalized spacial score (nSPS) is 11.1. The number of fused-ring (bicyclic) bond motifs is 1. The van der Waals surface area contributed by atoms with E-state index in [2.05, 4.69) is 42.0 Å². The van der Waals surface area contributed by atoms with Gasteiger partial charge in [-0.25, -0.2) is 4.98 Å². The largest absolute Gasteiger partial charge is 0.393 e. The second-order valence-corrected chi connectivity index (χ2v) is 6.68.